The van der Waals surface area contributed by atoms with Gasteiger partial charge in [-0.25, -0.2) is 4.79 Å². The monoisotopic (exact) mass is 492 g/mol. The second kappa shape index (κ2) is 15.2. The van der Waals surface area contributed by atoms with Crippen molar-refractivity contribution in [2.24, 2.45) is 0 Å². The zero-order valence-corrected chi connectivity index (χ0v) is 20.5. The summed E-state index contributed by atoms with van der Waals surface area (Å²) in [5, 5.41) is -4.92. The first kappa shape index (κ1) is 29.3. The standard InChI is InChI=1S/C24H38F2O6S/c1-3-20(2)21-14-16-22(17-15-21)31-18-12-10-8-6-4-5-7-9-11-13-19-32-23(27)24(25,26)33(28,29)30/h14-17,20H,3-13,18-19H2,1-2H3,(H,28,29,30). The van der Waals surface area contributed by atoms with Crippen molar-refractivity contribution in [3.8, 4) is 5.75 Å². The number of benzene rings is 1. The molecule has 0 aliphatic heterocycles. The van der Waals surface area contributed by atoms with Gasteiger partial charge >= 0.3 is 21.3 Å². The first-order chi connectivity index (χ1) is 15.6. The van der Waals surface area contributed by atoms with E-state index in [1.807, 2.05) is 12.1 Å². The molecule has 0 heterocycles. The van der Waals surface area contributed by atoms with Crippen LogP contribution in [-0.4, -0.2) is 37.4 Å². The molecule has 33 heavy (non-hydrogen) atoms. The predicted molar refractivity (Wildman–Crippen MR) is 124 cm³/mol. The predicted octanol–water partition coefficient (Wildman–Crippen LogP) is 6.50. The number of hydrogen-bond donors (Lipinski definition) is 1. The van der Waals surface area contributed by atoms with E-state index in [1.165, 1.54) is 5.56 Å². The van der Waals surface area contributed by atoms with Crippen LogP contribution in [0.25, 0.3) is 0 Å². The molecule has 0 bridgehead atoms. The zero-order valence-electron chi connectivity index (χ0n) is 19.7. The number of carbonyl (C=O) groups is 1. The van der Waals surface area contributed by atoms with Crippen LogP contribution < -0.4 is 4.74 Å². The van der Waals surface area contributed by atoms with Crippen LogP contribution >= 0.6 is 0 Å². The van der Waals surface area contributed by atoms with Crippen molar-refractivity contribution in [1.82, 2.24) is 0 Å². The van der Waals surface area contributed by atoms with Gasteiger partial charge in [0.25, 0.3) is 0 Å². The fraction of sp³-hybridized carbons (Fsp3) is 0.708. The maximum Gasteiger partial charge on any atom is 0.465 e. The van der Waals surface area contributed by atoms with Gasteiger partial charge in [-0.2, -0.15) is 17.2 Å². The summed E-state index contributed by atoms with van der Waals surface area (Å²) in [6, 6.07) is 8.36. The van der Waals surface area contributed by atoms with Gasteiger partial charge in [0.1, 0.15) is 5.75 Å². The Kier molecular flexibility index (Phi) is 13.5. The summed E-state index contributed by atoms with van der Waals surface area (Å²) in [5.74, 6) is -0.751. The SMILES string of the molecule is CCC(C)c1ccc(OCCCCCCCCCCCCOC(=O)C(F)(F)S(=O)(=O)O)cc1. The van der Waals surface area contributed by atoms with E-state index >= 15 is 0 Å². The van der Waals surface area contributed by atoms with Gasteiger partial charge in [-0.05, 0) is 42.9 Å². The molecule has 0 saturated heterocycles. The van der Waals surface area contributed by atoms with Gasteiger partial charge in [0.15, 0.2) is 0 Å². The van der Waals surface area contributed by atoms with E-state index in [2.05, 4.69) is 30.7 Å². The maximum atomic E-state index is 13.0. The summed E-state index contributed by atoms with van der Waals surface area (Å²) in [7, 11) is -5.80. The minimum Gasteiger partial charge on any atom is -0.494 e. The fourth-order valence-electron chi connectivity index (χ4n) is 3.29. The Morgan fingerprint density at radius 2 is 1.36 bits per heavy atom. The Balaban J connectivity index is 1.93. The molecule has 0 aliphatic rings. The summed E-state index contributed by atoms with van der Waals surface area (Å²) in [6.07, 6.45) is 10.8. The first-order valence-electron chi connectivity index (χ1n) is 11.8. The minimum atomic E-state index is -5.80. The van der Waals surface area contributed by atoms with Crippen molar-refractivity contribution < 1.29 is 36.0 Å². The Bertz CT molecular complexity index is 781. The molecule has 0 fully saturated rings. The van der Waals surface area contributed by atoms with Crippen molar-refractivity contribution in [2.75, 3.05) is 13.2 Å². The smallest absolute Gasteiger partial charge is 0.465 e. The van der Waals surface area contributed by atoms with E-state index in [9.17, 15) is 22.0 Å². The molecule has 0 aliphatic carbocycles. The van der Waals surface area contributed by atoms with Crippen LogP contribution in [0.2, 0.25) is 0 Å². The van der Waals surface area contributed by atoms with E-state index in [4.69, 9.17) is 9.29 Å². The van der Waals surface area contributed by atoms with Crippen LogP contribution in [0.15, 0.2) is 24.3 Å². The van der Waals surface area contributed by atoms with Crippen LogP contribution in [-0.2, 0) is 19.6 Å². The second-order valence-electron chi connectivity index (χ2n) is 8.39. The van der Waals surface area contributed by atoms with Gasteiger partial charge < -0.3 is 9.47 Å². The molecule has 1 rings (SSSR count). The minimum absolute atomic E-state index is 0.298. The lowest BCUT2D eigenvalue weighted by Gasteiger charge is -2.11. The first-order valence-corrected chi connectivity index (χ1v) is 13.3. The summed E-state index contributed by atoms with van der Waals surface area (Å²) in [5.41, 5.74) is 1.34. The van der Waals surface area contributed by atoms with E-state index in [0.29, 0.717) is 18.8 Å². The molecule has 6 nitrogen and oxygen atoms in total. The molecular weight excluding hydrogens is 454 g/mol. The number of ether oxygens (including phenoxy) is 2. The average Bonchev–Trinajstić information content (AvgIpc) is 2.78. The molecule has 1 atom stereocenters. The molecule has 1 unspecified atom stereocenters. The van der Waals surface area contributed by atoms with Crippen molar-refractivity contribution >= 4 is 16.1 Å². The van der Waals surface area contributed by atoms with Gasteiger partial charge in [0.2, 0.25) is 0 Å². The van der Waals surface area contributed by atoms with Gasteiger partial charge in [0, 0.05) is 0 Å². The summed E-state index contributed by atoms with van der Waals surface area (Å²) in [4.78, 5) is 11.0. The highest BCUT2D eigenvalue weighted by molar-refractivity contribution is 7.87. The van der Waals surface area contributed by atoms with Crippen LogP contribution in [0.1, 0.15) is 96.0 Å². The largest absolute Gasteiger partial charge is 0.494 e. The Morgan fingerprint density at radius 3 is 1.82 bits per heavy atom. The number of esters is 1. The lowest BCUT2D eigenvalue weighted by atomic mass is 9.99. The summed E-state index contributed by atoms with van der Waals surface area (Å²) >= 11 is 0. The molecule has 1 aromatic carbocycles. The van der Waals surface area contributed by atoms with Crippen LogP contribution in [0.4, 0.5) is 8.78 Å². The molecule has 0 spiro atoms. The van der Waals surface area contributed by atoms with Crippen LogP contribution in [0.3, 0.4) is 0 Å². The van der Waals surface area contributed by atoms with Gasteiger partial charge in [-0.3, -0.25) is 4.55 Å². The molecule has 190 valence electrons. The number of carbonyl (C=O) groups excluding carboxylic acids is 1. The fourth-order valence-corrected chi connectivity index (χ4v) is 3.56. The third-order valence-corrected chi connectivity index (χ3v) is 6.48. The topological polar surface area (TPSA) is 89.9 Å². The highest BCUT2D eigenvalue weighted by Gasteiger charge is 2.54. The van der Waals surface area contributed by atoms with E-state index in [-0.39, 0.29) is 6.61 Å². The third-order valence-electron chi connectivity index (χ3n) is 5.66. The molecule has 0 radical (unpaired) electrons. The second-order valence-corrected chi connectivity index (χ2v) is 9.85. The molecule has 0 saturated carbocycles. The lowest BCUT2D eigenvalue weighted by Crippen LogP contribution is -2.39. The number of halogens is 2. The van der Waals surface area contributed by atoms with Crippen molar-refractivity contribution in [2.45, 2.75) is 95.6 Å². The molecule has 0 aromatic heterocycles. The Labute approximate surface area is 196 Å². The van der Waals surface area contributed by atoms with E-state index < -0.39 is 21.3 Å². The van der Waals surface area contributed by atoms with Crippen LogP contribution in [0.5, 0.6) is 5.75 Å². The molecule has 1 aromatic rings. The maximum absolute atomic E-state index is 13.0. The highest BCUT2D eigenvalue weighted by Crippen LogP contribution is 2.23. The lowest BCUT2D eigenvalue weighted by molar-refractivity contribution is -0.161. The Morgan fingerprint density at radius 1 is 0.909 bits per heavy atom. The molecule has 1 N–H and O–H groups in total. The van der Waals surface area contributed by atoms with Crippen molar-refractivity contribution in [1.29, 1.82) is 0 Å². The van der Waals surface area contributed by atoms with Crippen molar-refractivity contribution in [3.05, 3.63) is 29.8 Å². The number of hydrogen-bond acceptors (Lipinski definition) is 5. The van der Waals surface area contributed by atoms with Gasteiger partial charge in [-0.15, -0.1) is 0 Å². The highest BCUT2D eigenvalue weighted by atomic mass is 32.2. The average molecular weight is 493 g/mol. The molecule has 0 amide bonds. The zero-order chi connectivity index (χ0) is 24.7. The van der Waals surface area contributed by atoms with Gasteiger partial charge in [0.05, 0.1) is 13.2 Å². The van der Waals surface area contributed by atoms with E-state index in [1.54, 1.807) is 0 Å². The number of unbranched alkanes of at least 4 members (excludes halogenated alkanes) is 9. The number of rotatable bonds is 18. The third kappa shape index (κ3) is 11.3. The van der Waals surface area contributed by atoms with Crippen LogP contribution in [0, 0.1) is 0 Å². The molecular formula is C24H38F2O6S. The normalized spacial score (nSPS) is 13.0. The van der Waals surface area contributed by atoms with Gasteiger partial charge in [-0.1, -0.05) is 77.3 Å². The Hall–Kier alpha value is -1.74. The number of alkyl halides is 2. The summed E-state index contributed by atoms with van der Waals surface area (Å²) in [6.45, 7) is 4.84. The van der Waals surface area contributed by atoms with Crippen molar-refractivity contribution in [3.63, 3.8) is 0 Å². The molecule has 9 heteroatoms. The van der Waals surface area contributed by atoms with E-state index in [0.717, 1.165) is 70.1 Å². The summed E-state index contributed by atoms with van der Waals surface area (Å²) < 4.78 is 65.1. The quantitative estimate of drug-likeness (QED) is 0.143.